The number of likely N-dealkylation sites (tertiary alicyclic amines) is 1. The molecule has 0 spiro atoms. The lowest BCUT2D eigenvalue weighted by atomic mass is 9.90. The lowest BCUT2D eigenvalue weighted by Gasteiger charge is -2.28. The Balaban J connectivity index is 1.52. The minimum absolute atomic E-state index is 0.210. The van der Waals surface area contributed by atoms with Crippen LogP contribution in [0.2, 0.25) is 0 Å². The van der Waals surface area contributed by atoms with Crippen LogP contribution in [-0.2, 0) is 21.0 Å². The summed E-state index contributed by atoms with van der Waals surface area (Å²) in [5.74, 6) is -0.399. The molecule has 6 heteroatoms. The van der Waals surface area contributed by atoms with Gasteiger partial charge in [-0.1, -0.05) is 60.7 Å². The number of rotatable bonds is 5. The van der Waals surface area contributed by atoms with Crippen LogP contribution in [0.3, 0.4) is 0 Å². The molecular formula is C25H22N2O4. The summed E-state index contributed by atoms with van der Waals surface area (Å²) in [7, 11) is 1.61. The smallest absolute Gasteiger partial charge is 0.262 e. The van der Waals surface area contributed by atoms with Gasteiger partial charge < -0.3 is 4.74 Å². The van der Waals surface area contributed by atoms with Crippen LogP contribution in [0, 0.1) is 5.92 Å². The first-order chi connectivity index (χ1) is 15.2. The van der Waals surface area contributed by atoms with Crippen molar-refractivity contribution in [2.75, 3.05) is 12.2 Å². The second-order valence-electron chi connectivity index (χ2n) is 7.68. The standard InChI is InChI=1S/C25H22N2O4/c1-30-20-14-12-18(13-15-20)22-21-23(31-27(22)19-10-6-3-7-11-19)25(29)26(24(21)28)16-17-8-4-2-5-9-17/h2-15,21-23H,16H2,1H3/t21-,22-,23+/m0/s1. The number of amides is 2. The number of benzene rings is 3. The minimum atomic E-state index is -0.844. The molecule has 3 atom stereocenters. The summed E-state index contributed by atoms with van der Waals surface area (Å²) in [4.78, 5) is 34.1. The van der Waals surface area contributed by atoms with Crippen molar-refractivity contribution < 1.29 is 19.2 Å². The maximum Gasteiger partial charge on any atom is 0.262 e. The summed E-state index contributed by atoms with van der Waals surface area (Å²) in [5.41, 5.74) is 2.60. The second-order valence-corrected chi connectivity index (χ2v) is 7.68. The average Bonchev–Trinajstić information content (AvgIpc) is 3.32. The fourth-order valence-corrected chi connectivity index (χ4v) is 4.33. The van der Waals surface area contributed by atoms with Crippen molar-refractivity contribution in [1.29, 1.82) is 0 Å². The number of carbonyl (C=O) groups excluding carboxylic acids is 2. The molecule has 2 heterocycles. The van der Waals surface area contributed by atoms with Crippen molar-refractivity contribution in [3.63, 3.8) is 0 Å². The van der Waals surface area contributed by atoms with E-state index in [4.69, 9.17) is 9.57 Å². The topological polar surface area (TPSA) is 59.1 Å². The summed E-state index contributed by atoms with van der Waals surface area (Å²) >= 11 is 0. The van der Waals surface area contributed by atoms with Crippen molar-refractivity contribution in [3.8, 4) is 5.75 Å². The van der Waals surface area contributed by atoms with Crippen molar-refractivity contribution in [2.45, 2.75) is 18.7 Å². The van der Waals surface area contributed by atoms with E-state index >= 15 is 0 Å². The highest BCUT2D eigenvalue weighted by Crippen LogP contribution is 2.47. The van der Waals surface area contributed by atoms with Crippen LogP contribution in [0.5, 0.6) is 5.75 Å². The lowest BCUT2D eigenvalue weighted by molar-refractivity contribution is -0.143. The van der Waals surface area contributed by atoms with E-state index in [0.29, 0.717) is 0 Å². The Bertz CT molecular complexity index is 1090. The molecule has 2 saturated heterocycles. The van der Waals surface area contributed by atoms with Gasteiger partial charge in [-0.05, 0) is 35.4 Å². The first-order valence-electron chi connectivity index (χ1n) is 10.2. The summed E-state index contributed by atoms with van der Waals surface area (Å²) < 4.78 is 5.28. The van der Waals surface area contributed by atoms with Gasteiger partial charge in [-0.15, -0.1) is 0 Å². The number of methoxy groups -OCH3 is 1. The molecule has 0 radical (unpaired) electrons. The number of carbonyl (C=O) groups is 2. The van der Waals surface area contributed by atoms with E-state index in [1.165, 1.54) is 4.90 Å². The van der Waals surface area contributed by atoms with Crippen LogP contribution in [0.4, 0.5) is 5.69 Å². The molecule has 3 aromatic rings. The Labute approximate surface area is 180 Å². The Morgan fingerprint density at radius 3 is 2.13 bits per heavy atom. The van der Waals surface area contributed by atoms with Gasteiger partial charge in [0, 0.05) is 0 Å². The maximum absolute atomic E-state index is 13.5. The molecule has 6 nitrogen and oxygen atoms in total. The zero-order chi connectivity index (χ0) is 21.4. The highest BCUT2D eigenvalue weighted by Gasteiger charge is 2.59. The van der Waals surface area contributed by atoms with E-state index in [0.717, 1.165) is 22.6 Å². The van der Waals surface area contributed by atoms with Crippen LogP contribution in [-0.4, -0.2) is 29.9 Å². The molecule has 156 valence electrons. The van der Waals surface area contributed by atoms with E-state index in [1.807, 2.05) is 84.9 Å². The number of para-hydroxylation sites is 1. The lowest BCUT2D eigenvalue weighted by Crippen LogP contribution is -2.36. The van der Waals surface area contributed by atoms with Crippen LogP contribution in [0.1, 0.15) is 17.2 Å². The minimum Gasteiger partial charge on any atom is -0.497 e. The predicted octanol–water partition coefficient (Wildman–Crippen LogP) is 3.74. The van der Waals surface area contributed by atoms with Gasteiger partial charge in [0.2, 0.25) is 5.91 Å². The molecule has 2 aliphatic heterocycles. The molecule has 5 rings (SSSR count). The number of nitrogens with zero attached hydrogens (tertiary/aromatic N) is 2. The molecule has 0 aliphatic carbocycles. The van der Waals surface area contributed by atoms with Gasteiger partial charge >= 0.3 is 0 Å². The zero-order valence-corrected chi connectivity index (χ0v) is 17.0. The van der Waals surface area contributed by atoms with Gasteiger partial charge in [0.15, 0.2) is 6.10 Å². The largest absolute Gasteiger partial charge is 0.497 e. The Morgan fingerprint density at radius 1 is 0.839 bits per heavy atom. The number of hydrogen-bond donors (Lipinski definition) is 0. The molecule has 0 saturated carbocycles. The fourth-order valence-electron chi connectivity index (χ4n) is 4.33. The van der Waals surface area contributed by atoms with Crippen molar-refractivity contribution in [1.82, 2.24) is 4.90 Å². The van der Waals surface area contributed by atoms with E-state index < -0.39 is 18.1 Å². The highest BCUT2D eigenvalue weighted by atomic mass is 16.7. The van der Waals surface area contributed by atoms with E-state index in [9.17, 15) is 9.59 Å². The molecule has 3 aromatic carbocycles. The molecular weight excluding hydrogens is 392 g/mol. The Kier molecular flexibility index (Phi) is 4.92. The first kappa shape index (κ1) is 19.3. The fraction of sp³-hybridized carbons (Fsp3) is 0.200. The van der Waals surface area contributed by atoms with Gasteiger partial charge in [-0.25, -0.2) is 5.06 Å². The van der Waals surface area contributed by atoms with E-state index in [-0.39, 0.29) is 18.4 Å². The number of anilines is 1. The molecule has 0 unspecified atom stereocenters. The molecule has 0 aromatic heterocycles. The van der Waals surface area contributed by atoms with Crippen LogP contribution in [0.25, 0.3) is 0 Å². The Morgan fingerprint density at radius 2 is 1.48 bits per heavy atom. The van der Waals surface area contributed by atoms with Crippen molar-refractivity contribution >= 4 is 17.5 Å². The van der Waals surface area contributed by atoms with Gasteiger partial charge in [-0.3, -0.25) is 19.3 Å². The third-order valence-electron chi connectivity index (χ3n) is 5.86. The van der Waals surface area contributed by atoms with E-state index in [1.54, 1.807) is 12.2 Å². The normalized spacial score (nSPS) is 22.7. The molecule has 2 fully saturated rings. The molecule has 31 heavy (non-hydrogen) atoms. The van der Waals surface area contributed by atoms with Crippen molar-refractivity contribution in [3.05, 3.63) is 96.1 Å². The third kappa shape index (κ3) is 3.35. The SMILES string of the molecule is COc1ccc([C@H]2[C@@H]3C(=O)N(Cc4ccccc4)C(=O)[C@@H]3ON2c2ccccc2)cc1. The predicted molar refractivity (Wildman–Crippen MR) is 115 cm³/mol. The average molecular weight is 414 g/mol. The van der Waals surface area contributed by atoms with Crippen LogP contribution in [0.15, 0.2) is 84.9 Å². The molecule has 0 bridgehead atoms. The summed E-state index contributed by atoms with van der Waals surface area (Å²) in [6, 6.07) is 26.2. The molecule has 0 N–H and O–H groups in total. The number of imide groups is 1. The first-order valence-corrected chi connectivity index (χ1v) is 10.2. The van der Waals surface area contributed by atoms with Gasteiger partial charge in [0.1, 0.15) is 11.7 Å². The molecule has 2 aliphatic rings. The summed E-state index contributed by atoms with van der Waals surface area (Å²) in [6.45, 7) is 0.246. The number of hydrogen-bond acceptors (Lipinski definition) is 5. The molecule has 2 amide bonds. The summed E-state index contributed by atoms with van der Waals surface area (Å²) in [5, 5.41) is 1.70. The quantitative estimate of drug-likeness (QED) is 0.596. The van der Waals surface area contributed by atoms with Gasteiger partial charge in [-0.2, -0.15) is 0 Å². The van der Waals surface area contributed by atoms with Crippen LogP contribution >= 0.6 is 0 Å². The van der Waals surface area contributed by atoms with Gasteiger partial charge in [0.05, 0.1) is 25.4 Å². The van der Waals surface area contributed by atoms with Crippen molar-refractivity contribution in [2.24, 2.45) is 5.92 Å². The van der Waals surface area contributed by atoms with Gasteiger partial charge in [0.25, 0.3) is 5.91 Å². The number of fused-ring (bicyclic) bond motifs is 1. The zero-order valence-electron chi connectivity index (χ0n) is 17.0. The highest BCUT2D eigenvalue weighted by molar-refractivity contribution is 6.07. The van der Waals surface area contributed by atoms with Crippen LogP contribution < -0.4 is 9.80 Å². The van der Waals surface area contributed by atoms with E-state index in [2.05, 4.69) is 0 Å². The summed E-state index contributed by atoms with van der Waals surface area (Å²) in [6.07, 6.45) is -0.844. The second kappa shape index (κ2) is 7.89. The monoisotopic (exact) mass is 414 g/mol. The maximum atomic E-state index is 13.5. The third-order valence-corrected chi connectivity index (χ3v) is 5.86. The Hall–Kier alpha value is -3.64. The number of hydroxylamine groups is 1. The number of ether oxygens (including phenoxy) is 1.